The van der Waals surface area contributed by atoms with E-state index in [1.807, 2.05) is 29.6 Å². The van der Waals surface area contributed by atoms with Crippen molar-refractivity contribution in [1.29, 1.82) is 0 Å². The first-order chi connectivity index (χ1) is 10.3. The molecule has 1 N–H and O–H groups in total. The summed E-state index contributed by atoms with van der Waals surface area (Å²) < 4.78 is 19.0. The Morgan fingerprint density at radius 1 is 1.24 bits per heavy atom. The topological polar surface area (TPSA) is 38.1 Å². The van der Waals surface area contributed by atoms with Crippen molar-refractivity contribution in [2.45, 2.75) is 12.6 Å². The molecule has 0 bridgehead atoms. The van der Waals surface area contributed by atoms with Gasteiger partial charge in [0.25, 0.3) is 0 Å². The van der Waals surface area contributed by atoms with Gasteiger partial charge in [0.2, 0.25) is 0 Å². The van der Waals surface area contributed by atoms with Crippen LogP contribution in [0.1, 0.15) is 5.76 Å². The lowest BCUT2D eigenvalue weighted by Gasteiger charge is -2.13. The van der Waals surface area contributed by atoms with Crippen molar-refractivity contribution in [3.05, 3.63) is 41.9 Å². The van der Waals surface area contributed by atoms with Crippen molar-refractivity contribution in [3.8, 4) is 11.3 Å². The number of thioether (sulfide) groups is 2. The third kappa shape index (κ3) is 4.02. The summed E-state index contributed by atoms with van der Waals surface area (Å²) in [7, 11) is 0. The van der Waals surface area contributed by atoms with Gasteiger partial charge in [0.15, 0.2) is 5.76 Å². The van der Waals surface area contributed by atoms with E-state index in [-0.39, 0.29) is 5.82 Å². The SMILES string of the molecule is Fc1ccccc1-c1cc(CNC2CSCCSC2)on1. The minimum absolute atomic E-state index is 0.276. The van der Waals surface area contributed by atoms with E-state index in [1.165, 1.54) is 17.6 Å². The van der Waals surface area contributed by atoms with Crippen LogP contribution < -0.4 is 5.32 Å². The molecule has 0 saturated carbocycles. The van der Waals surface area contributed by atoms with E-state index in [9.17, 15) is 4.39 Å². The van der Waals surface area contributed by atoms with Crippen molar-refractivity contribution >= 4 is 23.5 Å². The Labute approximate surface area is 132 Å². The second-order valence-electron chi connectivity index (χ2n) is 4.89. The smallest absolute Gasteiger partial charge is 0.151 e. The predicted molar refractivity (Wildman–Crippen MR) is 87.2 cm³/mol. The average Bonchev–Trinajstić information content (AvgIpc) is 2.81. The van der Waals surface area contributed by atoms with Crippen molar-refractivity contribution in [3.63, 3.8) is 0 Å². The number of halogens is 1. The molecule has 1 fully saturated rings. The van der Waals surface area contributed by atoms with E-state index in [0.717, 1.165) is 17.3 Å². The lowest BCUT2D eigenvalue weighted by molar-refractivity contribution is 0.370. The number of nitrogens with one attached hydrogen (secondary N) is 1. The number of nitrogens with zero attached hydrogens (tertiary/aromatic N) is 1. The molecule has 1 aliphatic heterocycles. The van der Waals surface area contributed by atoms with Crippen LogP contribution in [-0.2, 0) is 6.54 Å². The van der Waals surface area contributed by atoms with Gasteiger partial charge in [-0.05, 0) is 12.1 Å². The van der Waals surface area contributed by atoms with Gasteiger partial charge in [-0.25, -0.2) is 4.39 Å². The lowest BCUT2D eigenvalue weighted by Crippen LogP contribution is -2.32. The van der Waals surface area contributed by atoms with Gasteiger partial charge in [0, 0.05) is 40.7 Å². The highest BCUT2D eigenvalue weighted by molar-refractivity contribution is 8.03. The van der Waals surface area contributed by atoms with Crippen molar-refractivity contribution in [1.82, 2.24) is 10.5 Å². The maximum atomic E-state index is 13.7. The molecule has 3 rings (SSSR count). The molecular formula is C15H17FN2OS2. The third-order valence-electron chi connectivity index (χ3n) is 3.28. The van der Waals surface area contributed by atoms with Gasteiger partial charge in [0.05, 0.1) is 6.54 Å². The van der Waals surface area contributed by atoms with E-state index in [2.05, 4.69) is 10.5 Å². The van der Waals surface area contributed by atoms with Crippen LogP contribution in [0.15, 0.2) is 34.9 Å². The highest BCUT2D eigenvalue weighted by Gasteiger charge is 2.14. The summed E-state index contributed by atoms with van der Waals surface area (Å²) in [5, 5.41) is 7.45. The van der Waals surface area contributed by atoms with Gasteiger partial charge in [-0.3, -0.25) is 0 Å². The summed E-state index contributed by atoms with van der Waals surface area (Å²) in [5.74, 6) is 5.17. The van der Waals surface area contributed by atoms with Gasteiger partial charge in [-0.2, -0.15) is 23.5 Å². The molecule has 0 radical (unpaired) electrons. The zero-order valence-electron chi connectivity index (χ0n) is 11.5. The fourth-order valence-corrected chi connectivity index (χ4v) is 4.64. The van der Waals surface area contributed by atoms with Gasteiger partial charge >= 0.3 is 0 Å². The zero-order chi connectivity index (χ0) is 14.5. The zero-order valence-corrected chi connectivity index (χ0v) is 13.2. The standard InChI is InChI=1S/C15H17FN2OS2/c16-14-4-2-1-3-13(14)15-7-12(19-18-15)8-17-11-9-20-5-6-21-10-11/h1-4,7,11,17H,5-6,8-10H2. The molecule has 0 unspecified atom stereocenters. The summed E-state index contributed by atoms with van der Waals surface area (Å²) in [6, 6.07) is 8.91. The lowest BCUT2D eigenvalue weighted by atomic mass is 10.1. The summed E-state index contributed by atoms with van der Waals surface area (Å²) in [5.41, 5.74) is 1.03. The first-order valence-corrected chi connectivity index (χ1v) is 9.23. The Hall–Kier alpha value is -0.980. The molecule has 3 nitrogen and oxygen atoms in total. The molecule has 0 atom stereocenters. The summed E-state index contributed by atoms with van der Waals surface area (Å²) in [6.07, 6.45) is 0. The molecule has 2 aromatic rings. The van der Waals surface area contributed by atoms with E-state index < -0.39 is 0 Å². The van der Waals surface area contributed by atoms with Crippen molar-refractivity contribution < 1.29 is 8.91 Å². The molecule has 0 spiro atoms. The summed E-state index contributed by atoms with van der Waals surface area (Å²) >= 11 is 3.97. The van der Waals surface area contributed by atoms with E-state index in [0.29, 0.717) is 23.8 Å². The van der Waals surface area contributed by atoms with Crippen molar-refractivity contribution in [2.75, 3.05) is 23.0 Å². The number of aromatic nitrogens is 1. The van der Waals surface area contributed by atoms with E-state index in [4.69, 9.17) is 4.52 Å². The van der Waals surface area contributed by atoms with Crippen LogP contribution in [0.3, 0.4) is 0 Å². The largest absolute Gasteiger partial charge is 0.359 e. The molecule has 112 valence electrons. The van der Waals surface area contributed by atoms with E-state index >= 15 is 0 Å². The summed E-state index contributed by atoms with van der Waals surface area (Å²) in [6.45, 7) is 0.632. The maximum absolute atomic E-state index is 13.7. The molecule has 0 aliphatic carbocycles. The monoisotopic (exact) mass is 324 g/mol. The molecule has 6 heteroatoms. The minimum Gasteiger partial charge on any atom is -0.359 e. The highest BCUT2D eigenvalue weighted by Crippen LogP contribution is 2.22. The molecule has 1 aromatic heterocycles. The Kier molecular flexibility index (Phi) is 5.22. The van der Waals surface area contributed by atoms with Crippen LogP contribution in [0, 0.1) is 5.82 Å². The van der Waals surface area contributed by atoms with Crippen LogP contribution in [0.4, 0.5) is 4.39 Å². The second-order valence-corrected chi connectivity index (χ2v) is 7.19. The number of rotatable bonds is 4. The quantitative estimate of drug-likeness (QED) is 0.933. The number of hydrogen-bond donors (Lipinski definition) is 1. The van der Waals surface area contributed by atoms with Gasteiger partial charge in [0.1, 0.15) is 11.5 Å². The summed E-state index contributed by atoms with van der Waals surface area (Å²) in [4.78, 5) is 0. The van der Waals surface area contributed by atoms with Gasteiger partial charge in [-0.15, -0.1) is 0 Å². The van der Waals surface area contributed by atoms with Crippen LogP contribution in [0.5, 0.6) is 0 Å². The fraction of sp³-hybridized carbons (Fsp3) is 0.400. The number of hydrogen-bond acceptors (Lipinski definition) is 5. The first-order valence-electron chi connectivity index (χ1n) is 6.92. The molecule has 21 heavy (non-hydrogen) atoms. The van der Waals surface area contributed by atoms with Gasteiger partial charge < -0.3 is 9.84 Å². The molecule has 2 heterocycles. The second kappa shape index (κ2) is 7.33. The Morgan fingerprint density at radius 3 is 2.76 bits per heavy atom. The molecule has 0 amide bonds. The normalized spacial score (nSPS) is 16.8. The maximum Gasteiger partial charge on any atom is 0.151 e. The highest BCUT2D eigenvalue weighted by atomic mass is 32.2. The Morgan fingerprint density at radius 2 is 2.00 bits per heavy atom. The predicted octanol–water partition coefficient (Wildman–Crippen LogP) is 3.42. The Bertz CT molecular complexity index is 583. The van der Waals surface area contributed by atoms with Crippen LogP contribution >= 0.6 is 23.5 Å². The molecular weight excluding hydrogens is 307 g/mol. The van der Waals surface area contributed by atoms with Crippen LogP contribution in [-0.4, -0.2) is 34.2 Å². The van der Waals surface area contributed by atoms with Crippen LogP contribution in [0.2, 0.25) is 0 Å². The van der Waals surface area contributed by atoms with Crippen LogP contribution in [0.25, 0.3) is 11.3 Å². The molecule has 1 aromatic carbocycles. The van der Waals surface area contributed by atoms with Crippen molar-refractivity contribution in [2.24, 2.45) is 0 Å². The minimum atomic E-state index is -0.276. The Balaban J connectivity index is 1.61. The fourth-order valence-electron chi connectivity index (χ4n) is 2.17. The number of benzene rings is 1. The third-order valence-corrected chi connectivity index (χ3v) is 5.80. The molecule has 1 aliphatic rings. The average molecular weight is 324 g/mol. The first kappa shape index (κ1) is 14.9. The molecule has 1 saturated heterocycles. The van der Waals surface area contributed by atoms with Gasteiger partial charge in [-0.1, -0.05) is 17.3 Å². The van der Waals surface area contributed by atoms with E-state index in [1.54, 1.807) is 18.2 Å².